The van der Waals surface area contributed by atoms with Gasteiger partial charge in [0.25, 0.3) is 0 Å². The summed E-state index contributed by atoms with van der Waals surface area (Å²) in [4.78, 5) is 43.0. The maximum absolute atomic E-state index is 12.7. The molecule has 4 rings (SSSR count). The van der Waals surface area contributed by atoms with Gasteiger partial charge >= 0.3 is 0 Å². The molecule has 0 radical (unpaired) electrons. The number of ketones is 1. The van der Waals surface area contributed by atoms with Gasteiger partial charge in [0.2, 0.25) is 5.91 Å². The lowest BCUT2D eigenvalue weighted by Gasteiger charge is -2.33. The molecular formula is C20H20N8O2. The summed E-state index contributed by atoms with van der Waals surface area (Å²) in [7, 11) is 1.60. The second-order valence-corrected chi connectivity index (χ2v) is 7.27. The lowest BCUT2D eigenvalue weighted by atomic mass is 9.86. The predicted octanol–water partition coefficient (Wildman–Crippen LogP) is 0.875. The second-order valence-electron chi connectivity index (χ2n) is 7.27. The summed E-state index contributed by atoms with van der Waals surface area (Å²) >= 11 is 0. The summed E-state index contributed by atoms with van der Waals surface area (Å²) in [5.41, 5.74) is 7.00. The first kappa shape index (κ1) is 19.4. The van der Waals surface area contributed by atoms with Crippen molar-refractivity contribution >= 4 is 17.6 Å². The summed E-state index contributed by atoms with van der Waals surface area (Å²) in [5.74, 6) is 0.381. The number of nitrogens with zero attached hydrogens (tertiary/aromatic N) is 7. The lowest BCUT2D eigenvalue weighted by molar-refractivity contribution is -0.128. The topological polar surface area (TPSA) is 132 Å². The molecule has 0 fully saturated rings. The average molecular weight is 404 g/mol. The van der Waals surface area contributed by atoms with Crippen molar-refractivity contribution < 1.29 is 9.59 Å². The quantitative estimate of drug-likeness (QED) is 0.624. The number of guanidine groups is 1. The number of hydrogen-bond donors (Lipinski definition) is 1. The fourth-order valence-corrected chi connectivity index (χ4v) is 3.28. The molecule has 0 spiro atoms. The lowest BCUT2D eigenvalue weighted by Crippen LogP contribution is -2.47. The highest BCUT2D eigenvalue weighted by molar-refractivity contribution is 5.99. The number of rotatable bonds is 5. The van der Waals surface area contributed by atoms with Gasteiger partial charge in [-0.2, -0.15) is 5.10 Å². The van der Waals surface area contributed by atoms with E-state index in [2.05, 4.69) is 25.0 Å². The molecular weight excluding hydrogens is 384 g/mol. The highest BCUT2D eigenvalue weighted by Gasteiger charge is 2.36. The molecule has 2 aromatic heterocycles. The highest BCUT2D eigenvalue weighted by atomic mass is 16.2. The summed E-state index contributed by atoms with van der Waals surface area (Å²) in [6.07, 6.45) is 6.14. The minimum Gasteiger partial charge on any atom is -0.369 e. The van der Waals surface area contributed by atoms with Crippen LogP contribution in [-0.4, -0.2) is 54.3 Å². The van der Waals surface area contributed by atoms with Crippen LogP contribution < -0.4 is 5.73 Å². The number of carbonyl (C=O) groups excluding carboxylic acids is 2. The first-order chi connectivity index (χ1) is 14.4. The van der Waals surface area contributed by atoms with Gasteiger partial charge in [0.05, 0.1) is 24.4 Å². The molecule has 0 saturated heterocycles. The fraction of sp³-hybridized carbons (Fsp3) is 0.250. The van der Waals surface area contributed by atoms with Crippen LogP contribution in [0.2, 0.25) is 0 Å². The Morgan fingerprint density at radius 2 is 2.10 bits per heavy atom. The molecule has 0 saturated carbocycles. The van der Waals surface area contributed by atoms with Crippen molar-refractivity contribution in [1.82, 2.24) is 29.6 Å². The molecule has 3 heterocycles. The molecule has 1 aliphatic heterocycles. The first-order valence-electron chi connectivity index (χ1n) is 9.27. The van der Waals surface area contributed by atoms with Gasteiger partial charge in [-0.1, -0.05) is 24.3 Å². The number of carbonyl (C=O) groups is 2. The smallest absolute Gasteiger partial charge is 0.231 e. The van der Waals surface area contributed by atoms with Crippen molar-refractivity contribution in [1.29, 1.82) is 0 Å². The first-order valence-corrected chi connectivity index (χ1v) is 9.27. The number of aliphatic imine (C=N–C) groups is 1. The summed E-state index contributed by atoms with van der Waals surface area (Å²) in [6.45, 7) is 1.86. The molecule has 30 heavy (non-hydrogen) atoms. The Morgan fingerprint density at radius 1 is 1.27 bits per heavy atom. The molecule has 1 atom stereocenters. The highest BCUT2D eigenvalue weighted by Crippen LogP contribution is 2.33. The van der Waals surface area contributed by atoms with Crippen LogP contribution in [0.5, 0.6) is 0 Å². The third kappa shape index (κ3) is 3.66. The third-order valence-corrected chi connectivity index (χ3v) is 5.07. The third-order valence-electron chi connectivity index (χ3n) is 5.07. The molecule has 1 aliphatic rings. The van der Waals surface area contributed by atoms with Crippen molar-refractivity contribution in [3.8, 4) is 5.82 Å². The Balaban J connectivity index is 1.53. The van der Waals surface area contributed by atoms with Gasteiger partial charge in [-0.3, -0.25) is 14.5 Å². The standard InChI is InChI=1S/C20H20N8O2/c1-20(8-18(30)27(2)19(21)26-20)14-5-3-4-13(6-14)7-16(29)15-9-24-17(10-23-15)28-12-22-11-25-28/h3-6,9-12H,7-8H2,1-2H3,(H2,21,26). The van der Waals surface area contributed by atoms with Crippen molar-refractivity contribution in [2.24, 2.45) is 10.7 Å². The van der Waals surface area contributed by atoms with Crippen LogP contribution in [0.4, 0.5) is 0 Å². The monoisotopic (exact) mass is 404 g/mol. The zero-order chi connectivity index (χ0) is 21.3. The second kappa shape index (κ2) is 7.47. The van der Waals surface area contributed by atoms with Crippen LogP contribution in [0.15, 0.2) is 54.3 Å². The fourth-order valence-electron chi connectivity index (χ4n) is 3.28. The van der Waals surface area contributed by atoms with E-state index in [0.29, 0.717) is 5.82 Å². The number of nitrogens with two attached hydrogens (primary N) is 1. The van der Waals surface area contributed by atoms with Crippen molar-refractivity contribution in [3.05, 3.63) is 66.1 Å². The van der Waals surface area contributed by atoms with E-state index in [1.165, 1.54) is 34.6 Å². The zero-order valence-electron chi connectivity index (χ0n) is 16.6. The Hall–Kier alpha value is -3.95. The largest absolute Gasteiger partial charge is 0.369 e. The van der Waals surface area contributed by atoms with Crippen LogP contribution in [0.1, 0.15) is 35.0 Å². The van der Waals surface area contributed by atoms with Crippen LogP contribution in [0.25, 0.3) is 5.82 Å². The van der Waals surface area contributed by atoms with E-state index in [1.54, 1.807) is 7.05 Å². The van der Waals surface area contributed by atoms with Gasteiger partial charge in [0.1, 0.15) is 18.3 Å². The van der Waals surface area contributed by atoms with Gasteiger partial charge in [-0.25, -0.2) is 24.6 Å². The van der Waals surface area contributed by atoms with Crippen molar-refractivity contribution in [2.75, 3.05) is 7.05 Å². The molecule has 152 valence electrons. The van der Waals surface area contributed by atoms with E-state index in [9.17, 15) is 9.59 Å². The molecule has 2 N–H and O–H groups in total. The van der Waals surface area contributed by atoms with Gasteiger partial charge in [-0.05, 0) is 18.1 Å². The van der Waals surface area contributed by atoms with Gasteiger partial charge in [0, 0.05) is 13.5 Å². The van der Waals surface area contributed by atoms with Crippen molar-refractivity contribution in [2.45, 2.75) is 25.3 Å². The van der Waals surface area contributed by atoms with E-state index < -0.39 is 5.54 Å². The average Bonchev–Trinajstić information content (AvgIpc) is 3.27. The van der Waals surface area contributed by atoms with Gasteiger partial charge in [0.15, 0.2) is 17.6 Å². The number of amides is 1. The van der Waals surface area contributed by atoms with Crippen LogP contribution in [0.3, 0.4) is 0 Å². The van der Waals surface area contributed by atoms with Crippen LogP contribution >= 0.6 is 0 Å². The maximum atomic E-state index is 12.7. The Morgan fingerprint density at radius 3 is 2.77 bits per heavy atom. The molecule has 0 aliphatic carbocycles. The van der Waals surface area contributed by atoms with Crippen LogP contribution in [-0.2, 0) is 16.8 Å². The van der Waals surface area contributed by atoms with E-state index >= 15 is 0 Å². The molecule has 1 aromatic carbocycles. The predicted molar refractivity (Wildman–Crippen MR) is 108 cm³/mol. The summed E-state index contributed by atoms with van der Waals surface area (Å²) < 4.78 is 1.46. The Kier molecular flexibility index (Phi) is 4.82. The van der Waals surface area contributed by atoms with Crippen molar-refractivity contribution in [3.63, 3.8) is 0 Å². The van der Waals surface area contributed by atoms with E-state index in [0.717, 1.165) is 11.1 Å². The number of benzene rings is 1. The minimum atomic E-state index is -0.772. The van der Waals surface area contributed by atoms with E-state index in [-0.39, 0.29) is 36.2 Å². The molecule has 3 aromatic rings. The summed E-state index contributed by atoms with van der Waals surface area (Å²) in [6, 6.07) is 7.46. The normalized spacial score (nSPS) is 18.9. The Bertz CT molecular complexity index is 1120. The SMILES string of the molecule is CN1C(=O)CC(C)(c2cccc(CC(=O)c3cnc(-n4cncn4)cn3)c2)N=C1N. The van der Waals surface area contributed by atoms with Gasteiger partial charge in [-0.15, -0.1) is 0 Å². The number of aromatic nitrogens is 5. The molecule has 1 amide bonds. The number of Topliss-reactive ketones (excluding diaryl/α,β-unsaturated/α-hetero) is 1. The summed E-state index contributed by atoms with van der Waals surface area (Å²) in [5, 5.41) is 3.98. The molecule has 10 heteroatoms. The van der Waals surface area contributed by atoms with Crippen LogP contribution in [0, 0.1) is 0 Å². The molecule has 1 unspecified atom stereocenters. The maximum Gasteiger partial charge on any atom is 0.231 e. The van der Waals surface area contributed by atoms with Gasteiger partial charge < -0.3 is 5.73 Å². The minimum absolute atomic E-state index is 0.103. The number of hydrogen-bond acceptors (Lipinski definition) is 8. The van der Waals surface area contributed by atoms with E-state index in [4.69, 9.17) is 5.73 Å². The Labute approximate surface area is 172 Å². The molecule has 10 nitrogen and oxygen atoms in total. The van der Waals surface area contributed by atoms with E-state index in [1.807, 2.05) is 31.2 Å². The molecule has 0 bridgehead atoms. The zero-order valence-corrected chi connectivity index (χ0v) is 16.6.